The van der Waals surface area contributed by atoms with Crippen molar-refractivity contribution in [2.24, 2.45) is 10.8 Å². The highest BCUT2D eigenvalue weighted by molar-refractivity contribution is 6.42. The van der Waals surface area contributed by atoms with Gasteiger partial charge in [-0.1, -0.05) is 74.3 Å². The van der Waals surface area contributed by atoms with Gasteiger partial charge in [-0.05, 0) is 34.9 Å². The molecule has 4 rings (SSSR count). The van der Waals surface area contributed by atoms with Crippen molar-refractivity contribution in [3.8, 4) is 12.1 Å². The number of hydrogen-bond acceptors (Lipinski definition) is 4. The van der Waals surface area contributed by atoms with E-state index in [0.29, 0.717) is 15.6 Å². The highest BCUT2D eigenvalue weighted by Crippen LogP contribution is 2.60. The lowest BCUT2D eigenvalue weighted by atomic mass is 9.66. The zero-order valence-corrected chi connectivity index (χ0v) is 18.9. The first-order valence-corrected chi connectivity index (χ1v) is 10.8. The molecule has 0 aromatic heterocycles. The molecule has 31 heavy (non-hydrogen) atoms. The monoisotopic (exact) mass is 449 g/mol. The normalized spacial score (nSPS) is 23.5. The van der Waals surface area contributed by atoms with Crippen LogP contribution in [0.15, 0.2) is 48.7 Å². The van der Waals surface area contributed by atoms with Crippen LogP contribution in [-0.2, 0) is 4.79 Å². The summed E-state index contributed by atoms with van der Waals surface area (Å²) in [6.45, 7) is 5.57. The van der Waals surface area contributed by atoms with Crippen molar-refractivity contribution in [2.45, 2.75) is 38.8 Å². The lowest BCUT2D eigenvalue weighted by molar-refractivity contribution is -0.130. The van der Waals surface area contributed by atoms with E-state index in [1.165, 1.54) is 0 Å². The summed E-state index contributed by atoms with van der Waals surface area (Å²) in [6, 6.07) is 16.1. The molecule has 1 saturated heterocycles. The first-order chi connectivity index (χ1) is 14.7. The summed E-state index contributed by atoms with van der Waals surface area (Å²) in [5.41, 5.74) is 0.289. The minimum atomic E-state index is -1.50. The van der Waals surface area contributed by atoms with Crippen molar-refractivity contribution >= 4 is 35.1 Å². The van der Waals surface area contributed by atoms with Gasteiger partial charge in [0.05, 0.1) is 34.3 Å². The highest BCUT2D eigenvalue weighted by atomic mass is 35.5. The molecular weight excluding hydrogens is 429 g/mol. The molecule has 2 aliphatic heterocycles. The quantitative estimate of drug-likeness (QED) is 0.552. The molecule has 3 atom stereocenters. The molecule has 0 unspecified atom stereocenters. The molecule has 0 aliphatic carbocycles. The van der Waals surface area contributed by atoms with Crippen LogP contribution < -0.4 is 0 Å². The fourth-order valence-electron chi connectivity index (χ4n) is 4.82. The van der Waals surface area contributed by atoms with Crippen molar-refractivity contribution in [1.82, 2.24) is 4.90 Å². The fourth-order valence-corrected chi connectivity index (χ4v) is 5.12. The van der Waals surface area contributed by atoms with Crippen molar-refractivity contribution in [2.75, 3.05) is 0 Å². The molecule has 2 aliphatic rings. The lowest BCUT2D eigenvalue weighted by Crippen LogP contribution is -2.43. The van der Waals surface area contributed by atoms with E-state index in [1.807, 2.05) is 62.2 Å². The summed E-state index contributed by atoms with van der Waals surface area (Å²) >= 11 is 12.4. The third kappa shape index (κ3) is 3.14. The van der Waals surface area contributed by atoms with Crippen LogP contribution in [0.25, 0.3) is 6.08 Å². The van der Waals surface area contributed by atoms with Crippen LogP contribution in [0, 0.1) is 33.5 Å². The van der Waals surface area contributed by atoms with Crippen LogP contribution in [-0.4, -0.2) is 16.7 Å². The number of ketones is 1. The Labute approximate surface area is 192 Å². The summed E-state index contributed by atoms with van der Waals surface area (Å²) < 4.78 is 0. The maximum Gasteiger partial charge on any atom is 0.177 e. The molecule has 0 spiro atoms. The largest absolute Gasteiger partial charge is 0.357 e. The first kappa shape index (κ1) is 21.4. The van der Waals surface area contributed by atoms with E-state index in [-0.39, 0.29) is 5.78 Å². The van der Waals surface area contributed by atoms with E-state index >= 15 is 0 Å². The number of Topliss-reactive ketones (excluding diaryl/α,β-unsaturated/α-hetero) is 1. The summed E-state index contributed by atoms with van der Waals surface area (Å²) in [4.78, 5) is 15.6. The van der Waals surface area contributed by atoms with E-state index in [9.17, 15) is 15.3 Å². The minimum absolute atomic E-state index is 0.0371. The average Bonchev–Trinajstić information content (AvgIpc) is 3.05. The second kappa shape index (κ2) is 7.41. The van der Waals surface area contributed by atoms with Gasteiger partial charge in [0.15, 0.2) is 11.2 Å². The van der Waals surface area contributed by atoms with Crippen LogP contribution in [0.3, 0.4) is 0 Å². The molecule has 0 saturated carbocycles. The van der Waals surface area contributed by atoms with Crippen LogP contribution in [0.5, 0.6) is 0 Å². The smallest absolute Gasteiger partial charge is 0.177 e. The number of hydrogen-bond donors (Lipinski definition) is 0. The Morgan fingerprint density at radius 2 is 1.74 bits per heavy atom. The zero-order valence-electron chi connectivity index (χ0n) is 17.4. The number of halogens is 2. The lowest BCUT2D eigenvalue weighted by Gasteiger charge is -2.36. The van der Waals surface area contributed by atoms with Gasteiger partial charge in [-0.25, -0.2) is 0 Å². The Bertz CT molecular complexity index is 1170. The van der Waals surface area contributed by atoms with E-state index in [1.54, 1.807) is 18.2 Å². The second-order valence-electron chi connectivity index (χ2n) is 9.10. The van der Waals surface area contributed by atoms with Crippen LogP contribution in [0.1, 0.15) is 49.4 Å². The topological polar surface area (TPSA) is 67.9 Å². The van der Waals surface area contributed by atoms with Gasteiger partial charge in [0.2, 0.25) is 0 Å². The van der Waals surface area contributed by atoms with Crippen molar-refractivity contribution in [3.05, 3.63) is 75.4 Å². The van der Waals surface area contributed by atoms with E-state index in [4.69, 9.17) is 23.2 Å². The van der Waals surface area contributed by atoms with Crippen molar-refractivity contribution in [3.63, 3.8) is 0 Å². The number of nitriles is 2. The zero-order chi connectivity index (χ0) is 22.6. The summed E-state index contributed by atoms with van der Waals surface area (Å²) in [6.07, 6.45) is 3.79. The van der Waals surface area contributed by atoms with E-state index in [0.717, 1.165) is 11.1 Å². The second-order valence-corrected chi connectivity index (χ2v) is 9.91. The Morgan fingerprint density at radius 1 is 1.06 bits per heavy atom. The standard InChI is InChI=1S/C25H21Cl2N3O/c1-24(2,3)23(31)21-20(16-8-9-18(26)19(27)12-16)25(13-28,14-29)22-17-7-5-4-6-15(17)10-11-30(21)22/h4-12,20-22H,1-3H3/t20-,21+,22+/m0/s1. The van der Waals surface area contributed by atoms with Crippen molar-refractivity contribution in [1.29, 1.82) is 10.5 Å². The molecule has 0 bridgehead atoms. The third-order valence-electron chi connectivity index (χ3n) is 6.25. The van der Waals surface area contributed by atoms with Crippen LogP contribution in [0.2, 0.25) is 10.0 Å². The molecule has 2 aromatic carbocycles. The number of nitrogens with zero attached hydrogens (tertiary/aromatic N) is 3. The molecule has 6 heteroatoms. The highest BCUT2D eigenvalue weighted by Gasteiger charge is 2.64. The predicted molar refractivity (Wildman–Crippen MR) is 121 cm³/mol. The van der Waals surface area contributed by atoms with Crippen molar-refractivity contribution < 1.29 is 4.79 Å². The summed E-state index contributed by atoms with van der Waals surface area (Å²) in [5.74, 6) is -0.741. The first-order valence-electron chi connectivity index (χ1n) is 10.0. The number of fused-ring (bicyclic) bond motifs is 3. The summed E-state index contributed by atoms with van der Waals surface area (Å²) in [7, 11) is 0. The Morgan fingerprint density at radius 3 is 2.35 bits per heavy atom. The molecule has 1 fully saturated rings. The molecule has 2 heterocycles. The van der Waals surface area contributed by atoms with Crippen LogP contribution >= 0.6 is 23.2 Å². The van der Waals surface area contributed by atoms with E-state index < -0.39 is 28.8 Å². The van der Waals surface area contributed by atoms with Gasteiger partial charge in [-0.2, -0.15) is 10.5 Å². The molecule has 4 nitrogen and oxygen atoms in total. The average molecular weight is 450 g/mol. The molecular formula is C25H21Cl2N3O. The van der Waals surface area contributed by atoms with E-state index in [2.05, 4.69) is 12.1 Å². The van der Waals surface area contributed by atoms with Gasteiger partial charge in [0, 0.05) is 17.5 Å². The maximum atomic E-state index is 13.7. The summed E-state index contributed by atoms with van der Waals surface area (Å²) in [5, 5.41) is 21.6. The predicted octanol–water partition coefficient (Wildman–Crippen LogP) is 6.14. The number of carbonyl (C=O) groups excluding carboxylic acids is 1. The Kier molecular flexibility index (Phi) is 5.13. The molecule has 0 amide bonds. The van der Waals surface area contributed by atoms with Gasteiger partial charge in [-0.15, -0.1) is 0 Å². The number of carbonyl (C=O) groups is 1. The Hall–Kier alpha value is -2.79. The molecule has 0 N–H and O–H groups in total. The number of benzene rings is 2. The van der Waals surface area contributed by atoms with Gasteiger partial charge in [-0.3, -0.25) is 4.79 Å². The van der Waals surface area contributed by atoms with Gasteiger partial charge >= 0.3 is 0 Å². The molecule has 156 valence electrons. The van der Waals surface area contributed by atoms with Crippen LogP contribution in [0.4, 0.5) is 0 Å². The van der Waals surface area contributed by atoms with Gasteiger partial charge in [0.1, 0.15) is 0 Å². The minimum Gasteiger partial charge on any atom is -0.357 e. The van der Waals surface area contributed by atoms with Gasteiger partial charge in [0.25, 0.3) is 0 Å². The molecule has 2 aromatic rings. The SMILES string of the molecule is CC(C)(C)C(=O)[C@H]1[C@H](c2ccc(Cl)c(Cl)c2)C(C#N)(C#N)[C@H]2c3ccccc3C=CN12. The molecule has 0 radical (unpaired) electrons. The third-order valence-corrected chi connectivity index (χ3v) is 6.99. The maximum absolute atomic E-state index is 13.7. The number of rotatable bonds is 2. The fraction of sp³-hybridized carbons (Fsp3) is 0.320. The Balaban J connectivity index is 2.03. The van der Waals surface area contributed by atoms with Gasteiger partial charge < -0.3 is 4.90 Å².